The van der Waals surface area contributed by atoms with Crippen LogP contribution in [0, 0.1) is 5.82 Å². The number of ether oxygens (including phenoxy) is 1. The molecule has 2 aromatic carbocycles. The molecule has 0 saturated heterocycles. The van der Waals surface area contributed by atoms with E-state index in [-0.39, 0.29) is 23.0 Å². The summed E-state index contributed by atoms with van der Waals surface area (Å²) in [6.45, 7) is 0. The molecule has 1 aliphatic carbocycles. The van der Waals surface area contributed by atoms with Gasteiger partial charge in [0.1, 0.15) is 11.6 Å². The molecule has 1 unspecified atom stereocenters. The summed E-state index contributed by atoms with van der Waals surface area (Å²) in [6, 6.07) is 10.0. The van der Waals surface area contributed by atoms with Crippen LogP contribution in [0.25, 0.3) is 0 Å². The van der Waals surface area contributed by atoms with Gasteiger partial charge in [0.15, 0.2) is 0 Å². The van der Waals surface area contributed by atoms with Crippen LogP contribution in [0.4, 0.5) is 10.1 Å². The van der Waals surface area contributed by atoms with Crippen LogP contribution in [0.2, 0.25) is 0 Å². The zero-order valence-electron chi connectivity index (χ0n) is 16.1. The molecule has 30 heavy (non-hydrogen) atoms. The van der Waals surface area contributed by atoms with Gasteiger partial charge >= 0.3 is 0 Å². The molecule has 1 atom stereocenters. The first-order chi connectivity index (χ1) is 14.4. The maximum Gasteiger partial charge on any atom is 0.268 e. The van der Waals surface area contributed by atoms with E-state index in [0.29, 0.717) is 17.0 Å². The Balaban J connectivity index is 1.48. The molecule has 1 amide bonds. The number of nitrogens with one attached hydrogen (secondary N) is 2. The Morgan fingerprint density at radius 2 is 2.03 bits per heavy atom. The summed E-state index contributed by atoms with van der Waals surface area (Å²) in [5.74, 6) is -0.628. The SMILES string of the molecule is COc1ccc(S(=O)(=O)NC2CC2)cc1NC(=O)C1CC(c2cccc(F)c2)=NO1. The molecule has 158 valence electrons. The largest absolute Gasteiger partial charge is 0.495 e. The first-order valence-corrected chi connectivity index (χ1v) is 10.8. The summed E-state index contributed by atoms with van der Waals surface area (Å²) in [7, 11) is -2.28. The molecule has 4 rings (SSSR count). The summed E-state index contributed by atoms with van der Waals surface area (Å²) in [5, 5.41) is 6.52. The number of carbonyl (C=O) groups is 1. The van der Waals surface area contributed by atoms with Crippen molar-refractivity contribution in [1.29, 1.82) is 0 Å². The van der Waals surface area contributed by atoms with E-state index in [4.69, 9.17) is 9.57 Å². The van der Waals surface area contributed by atoms with E-state index in [9.17, 15) is 17.6 Å². The zero-order chi connectivity index (χ0) is 21.3. The van der Waals surface area contributed by atoms with Gasteiger partial charge in [0.25, 0.3) is 5.91 Å². The first kappa shape index (κ1) is 20.3. The Morgan fingerprint density at radius 3 is 2.73 bits per heavy atom. The third kappa shape index (κ3) is 4.44. The van der Waals surface area contributed by atoms with Crippen LogP contribution in [0.1, 0.15) is 24.8 Å². The number of sulfonamides is 1. The van der Waals surface area contributed by atoms with Crippen molar-refractivity contribution in [2.24, 2.45) is 5.16 Å². The second-order valence-electron chi connectivity index (χ2n) is 7.09. The molecule has 8 nitrogen and oxygen atoms in total. The number of benzene rings is 2. The summed E-state index contributed by atoms with van der Waals surface area (Å²) < 4.78 is 46.2. The molecule has 0 radical (unpaired) electrons. The lowest BCUT2D eigenvalue weighted by atomic mass is 10.0. The van der Waals surface area contributed by atoms with Crippen molar-refractivity contribution < 1.29 is 27.2 Å². The lowest BCUT2D eigenvalue weighted by Crippen LogP contribution is -2.29. The van der Waals surface area contributed by atoms with Crippen LogP contribution >= 0.6 is 0 Å². The van der Waals surface area contributed by atoms with Gasteiger partial charge in [-0.15, -0.1) is 0 Å². The molecule has 0 spiro atoms. The number of anilines is 1. The number of methoxy groups -OCH3 is 1. The minimum Gasteiger partial charge on any atom is -0.495 e. The maximum atomic E-state index is 13.4. The number of nitrogens with zero attached hydrogens (tertiary/aromatic N) is 1. The number of rotatable bonds is 7. The van der Waals surface area contributed by atoms with Gasteiger partial charge in [-0.1, -0.05) is 17.3 Å². The number of amides is 1. The Kier molecular flexibility index (Phi) is 5.44. The van der Waals surface area contributed by atoms with Gasteiger partial charge in [-0.3, -0.25) is 4.79 Å². The fraction of sp³-hybridized carbons (Fsp3) is 0.300. The van der Waals surface area contributed by atoms with Crippen LogP contribution < -0.4 is 14.8 Å². The van der Waals surface area contributed by atoms with Crippen LogP contribution in [0.3, 0.4) is 0 Å². The average molecular weight is 433 g/mol. The quantitative estimate of drug-likeness (QED) is 0.698. The Morgan fingerprint density at radius 1 is 1.23 bits per heavy atom. The van der Waals surface area contributed by atoms with Crippen molar-refractivity contribution in [2.45, 2.75) is 36.3 Å². The lowest BCUT2D eigenvalue weighted by Gasteiger charge is -2.14. The number of hydrogen-bond acceptors (Lipinski definition) is 6. The highest BCUT2D eigenvalue weighted by atomic mass is 32.2. The molecule has 1 fully saturated rings. The van der Waals surface area contributed by atoms with Crippen molar-refractivity contribution in [3.63, 3.8) is 0 Å². The number of hydrogen-bond donors (Lipinski definition) is 2. The van der Waals surface area contributed by atoms with Crippen molar-refractivity contribution in [1.82, 2.24) is 4.72 Å². The van der Waals surface area contributed by atoms with Crippen LogP contribution in [0.5, 0.6) is 5.75 Å². The standard InChI is InChI=1S/C20H20FN3O5S/c1-28-18-8-7-15(30(26,27)24-14-5-6-14)10-17(18)22-20(25)19-11-16(23-29-19)12-3-2-4-13(21)9-12/h2-4,7-10,14,19,24H,5-6,11H2,1H3,(H,22,25). The third-order valence-electron chi connectivity index (χ3n) is 4.76. The van der Waals surface area contributed by atoms with Gasteiger partial charge in [-0.05, 0) is 43.2 Å². The normalized spacial score (nSPS) is 18.5. The van der Waals surface area contributed by atoms with E-state index in [2.05, 4.69) is 15.2 Å². The molecule has 0 bridgehead atoms. The minimum absolute atomic E-state index is 0.0227. The predicted octanol–water partition coefficient (Wildman–Crippen LogP) is 2.41. The minimum atomic E-state index is -3.69. The highest BCUT2D eigenvalue weighted by Crippen LogP contribution is 2.30. The maximum absolute atomic E-state index is 13.4. The molecular weight excluding hydrogens is 413 g/mol. The van der Waals surface area contributed by atoms with E-state index in [1.807, 2.05) is 0 Å². The van der Waals surface area contributed by atoms with E-state index in [1.165, 1.54) is 37.4 Å². The molecule has 2 N–H and O–H groups in total. The molecule has 1 heterocycles. The molecule has 2 aromatic rings. The van der Waals surface area contributed by atoms with Crippen molar-refractivity contribution >= 4 is 27.3 Å². The lowest BCUT2D eigenvalue weighted by molar-refractivity contribution is -0.125. The van der Waals surface area contributed by atoms with E-state index in [1.54, 1.807) is 12.1 Å². The topological polar surface area (TPSA) is 106 Å². The number of halogens is 1. The molecular formula is C20H20FN3O5S. The van der Waals surface area contributed by atoms with Crippen LogP contribution in [0.15, 0.2) is 52.5 Å². The molecule has 1 saturated carbocycles. The van der Waals surface area contributed by atoms with Crippen molar-refractivity contribution in [3.8, 4) is 5.75 Å². The summed E-state index contributed by atoms with van der Waals surface area (Å²) >= 11 is 0. The van der Waals surface area contributed by atoms with Crippen molar-refractivity contribution in [3.05, 3.63) is 53.8 Å². The second kappa shape index (κ2) is 8.04. The Labute approximate surface area is 173 Å². The predicted molar refractivity (Wildman–Crippen MR) is 107 cm³/mol. The van der Waals surface area contributed by atoms with Gasteiger partial charge in [0, 0.05) is 18.0 Å². The molecule has 0 aromatic heterocycles. The van der Waals surface area contributed by atoms with Gasteiger partial charge in [0.05, 0.1) is 23.4 Å². The fourth-order valence-electron chi connectivity index (χ4n) is 3.01. The highest BCUT2D eigenvalue weighted by Gasteiger charge is 2.31. The molecule has 1 aliphatic heterocycles. The summed E-state index contributed by atoms with van der Waals surface area (Å²) in [5.41, 5.74) is 1.18. The monoisotopic (exact) mass is 433 g/mol. The van der Waals surface area contributed by atoms with Crippen LogP contribution in [-0.4, -0.2) is 39.3 Å². The van der Waals surface area contributed by atoms with Gasteiger partial charge in [-0.25, -0.2) is 17.5 Å². The third-order valence-corrected chi connectivity index (χ3v) is 6.28. The van der Waals surface area contributed by atoms with Crippen molar-refractivity contribution in [2.75, 3.05) is 12.4 Å². The average Bonchev–Trinajstić information content (AvgIpc) is 3.37. The smallest absolute Gasteiger partial charge is 0.268 e. The van der Waals surface area contributed by atoms with Gasteiger partial charge in [0.2, 0.25) is 16.1 Å². The number of carbonyl (C=O) groups excluding carboxylic acids is 1. The summed E-state index contributed by atoms with van der Waals surface area (Å²) in [4.78, 5) is 17.9. The first-order valence-electron chi connectivity index (χ1n) is 9.35. The van der Waals surface area contributed by atoms with E-state index in [0.717, 1.165) is 12.8 Å². The van der Waals surface area contributed by atoms with Gasteiger partial charge < -0.3 is 14.9 Å². The van der Waals surface area contributed by atoms with E-state index >= 15 is 0 Å². The Bertz CT molecular complexity index is 1120. The van der Waals surface area contributed by atoms with Crippen LogP contribution in [-0.2, 0) is 19.7 Å². The fourth-order valence-corrected chi connectivity index (χ4v) is 4.34. The molecule has 2 aliphatic rings. The summed E-state index contributed by atoms with van der Waals surface area (Å²) in [6.07, 6.45) is 0.841. The molecule has 10 heteroatoms. The van der Waals surface area contributed by atoms with Gasteiger partial charge in [-0.2, -0.15) is 0 Å². The highest BCUT2D eigenvalue weighted by molar-refractivity contribution is 7.89. The zero-order valence-corrected chi connectivity index (χ0v) is 16.9. The second-order valence-corrected chi connectivity index (χ2v) is 8.81. The number of oxime groups is 1. The Hall–Kier alpha value is -2.98. The van der Waals surface area contributed by atoms with E-state index < -0.39 is 27.9 Å².